The Bertz CT molecular complexity index is 1310. The van der Waals surface area contributed by atoms with E-state index in [2.05, 4.69) is 10.3 Å². The van der Waals surface area contributed by atoms with Crippen molar-refractivity contribution in [2.75, 3.05) is 31.9 Å². The van der Waals surface area contributed by atoms with Crippen LogP contribution >= 0.6 is 23.2 Å². The smallest absolute Gasteiger partial charge is 0.313 e. The molecule has 0 bridgehead atoms. The van der Waals surface area contributed by atoms with E-state index >= 15 is 0 Å². The molecule has 2 aliphatic heterocycles. The molecule has 3 heterocycles. The van der Waals surface area contributed by atoms with Crippen molar-refractivity contribution >= 4 is 34.9 Å². The molecule has 194 valence electrons. The number of amides is 1. The van der Waals surface area contributed by atoms with Crippen LogP contribution in [-0.2, 0) is 0 Å². The number of nitrogens with two attached hydrogens (primary N) is 1. The van der Waals surface area contributed by atoms with Gasteiger partial charge in [-0.15, -0.1) is 0 Å². The predicted molar refractivity (Wildman–Crippen MR) is 143 cm³/mol. The summed E-state index contributed by atoms with van der Waals surface area (Å²) in [5.41, 5.74) is 9.13. The first-order valence-corrected chi connectivity index (χ1v) is 13.2. The van der Waals surface area contributed by atoms with Gasteiger partial charge in [-0.25, -0.2) is 9.37 Å². The number of aromatic amines is 1. The fraction of sp³-hybridized carbons (Fsp3) is 0.357. The maximum absolute atomic E-state index is 14.0. The first-order valence-electron chi connectivity index (χ1n) is 12.5. The number of hydrogen-bond acceptors (Lipinski definition) is 4. The van der Waals surface area contributed by atoms with Crippen LogP contribution in [0, 0.1) is 11.2 Å². The van der Waals surface area contributed by atoms with Gasteiger partial charge in [0, 0.05) is 40.9 Å². The predicted octanol–water partition coefficient (Wildman–Crippen LogP) is 5.55. The lowest BCUT2D eigenvalue weighted by Crippen LogP contribution is -2.39. The molecule has 1 aromatic heterocycles. The molecule has 3 aromatic rings. The Labute approximate surface area is 225 Å². The average Bonchev–Trinajstić information content (AvgIpc) is 3.31. The summed E-state index contributed by atoms with van der Waals surface area (Å²) in [6, 6.07) is 12.0. The minimum atomic E-state index is -0.648. The Balaban J connectivity index is 1.31. The van der Waals surface area contributed by atoms with Gasteiger partial charge in [0.05, 0.1) is 11.2 Å². The Morgan fingerprint density at radius 3 is 2.59 bits per heavy atom. The average molecular weight is 544 g/mol. The molecular formula is C28H30Cl2FN4O2+. The molecular weight excluding hydrogens is 514 g/mol. The van der Waals surface area contributed by atoms with Crippen LogP contribution in [0.25, 0.3) is 11.1 Å². The number of pyridine rings is 1. The largest absolute Gasteiger partial charge is 0.478 e. The van der Waals surface area contributed by atoms with Crippen LogP contribution < -0.4 is 20.8 Å². The number of nitrogen functional groups attached to an aromatic ring is 1. The molecule has 1 spiro atoms. The molecule has 2 fully saturated rings. The van der Waals surface area contributed by atoms with Crippen molar-refractivity contribution in [1.29, 1.82) is 0 Å². The van der Waals surface area contributed by atoms with Crippen LogP contribution in [0.4, 0.5) is 10.2 Å². The molecule has 5 rings (SSSR count). The highest BCUT2D eigenvalue weighted by atomic mass is 35.5. The molecule has 6 nitrogen and oxygen atoms in total. The molecule has 1 unspecified atom stereocenters. The van der Waals surface area contributed by atoms with Gasteiger partial charge >= 0.3 is 5.82 Å². The second kappa shape index (κ2) is 10.5. The molecule has 0 saturated carbocycles. The van der Waals surface area contributed by atoms with Crippen molar-refractivity contribution < 1.29 is 18.9 Å². The number of likely N-dealkylation sites (tertiary alicyclic amines) is 1. The van der Waals surface area contributed by atoms with Crippen molar-refractivity contribution in [2.45, 2.75) is 32.3 Å². The van der Waals surface area contributed by atoms with Crippen LogP contribution in [0.3, 0.4) is 0 Å². The first kappa shape index (κ1) is 25.8. The highest BCUT2D eigenvalue weighted by molar-refractivity contribution is 6.36. The number of carbonyl (C=O) groups is 1. The summed E-state index contributed by atoms with van der Waals surface area (Å²) >= 11 is 12.4. The molecule has 2 aromatic carbocycles. The van der Waals surface area contributed by atoms with Crippen LogP contribution in [0.2, 0.25) is 10.0 Å². The maximum atomic E-state index is 14.0. The number of H-pyrrole nitrogens is 1. The Morgan fingerprint density at radius 1 is 1.14 bits per heavy atom. The molecule has 1 amide bonds. The van der Waals surface area contributed by atoms with Gasteiger partial charge in [-0.05, 0) is 74.5 Å². The zero-order chi connectivity index (χ0) is 26.2. The van der Waals surface area contributed by atoms with Gasteiger partial charge in [0.2, 0.25) is 5.75 Å². The van der Waals surface area contributed by atoms with E-state index in [-0.39, 0.29) is 16.3 Å². The van der Waals surface area contributed by atoms with E-state index in [0.29, 0.717) is 27.7 Å². The van der Waals surface area contributed by atoms with Crippen molar-refractivity contribution in [3.63, 3.8) is 0 Å². The SMILES string of the molecule is CC(Oc1cc(-c2ccc(C(=O)N3CCC4(CCNCC4)C3)cc2)c[nH+]c1N)c1c(Cl)ccc(F)c1Cl. The van der Waals surface area contributed by atoms with Gasteiger partial charge < -0.3 is 15.0 Å². The summed E-state index contributed by atoms with van der Waals surface area (Å²) in [7, 11) is 0. The number of halogens is 3. The normalized spacial score (nSPS) is 17.7. The lowest BCUT2D eigenvalue weighted by atomic mass is 9.78. The topological polar surface area (TPSA) is 81.7 Å². The molecule has 0 aliphatic carbocycles. The Morgan fingerprint density at radius 2 is 1.86 bits per heavy atom. The number of anilines is 1. The van der Waals surface area contributed by atoms with E-state index in [9.17, 15) is 9.18 Å². The number of aromatic nitrogens is 1. The number of hydrogen-bond donors (Lipinski definition) is 2. The maximum Gasteiger partial charge on any atom is 0.313 e. The lowest BCUT2D eigenvalue weighted by molar-refractivity contribution is -0.360. The van der Waals surface area contributed by atoms with E-state index in [4.69, 9.17) is 33.7 Å². The van der Waals surface area contributed by atoms with Crippen LogP contribution in [0.1, 0.15) is 48.2 Å². The molecule has 2 aliphatic rings. The number of carbonyl (C=O) groups excluding carboxylic acids is 1. The third kappa shape index (κ3) is 5.26. The zero-order valence-electron chi connectivity index (χ0n) is 20.6. The summed E-state index contributed by atoms with van der Waals surface area (Å²) in [4.78, 5) is 18.2. The standard InChI is InChI=1S/C28H29Cl2FN4O2/c1-17(24-21(29)6-7-22(31)25(24)30)37-23-14-20(15-34-26(23)32)18-2-4-19(5-3-18)27(36)35-13-10-28(16-35)8-11-33-12-9-28/h2-7,14-15,17,33H,8-13,16H2,1H3,(H2,32,34)/p+1. The number of benzene rings is 2. The number of nitrogens with one attached hydrogen (secondary N) is 2. The van der Waals surface area contributed by atoms with Crippen molar-refractivity contribution in [3.05, 3.63) is 75.7 Å². The van der Waals surface area contributed by atoms with Gasteiger partial charge in [0.1, 0.15) is 11.9 Å². The van der Waals surface area contributed by atoms with Gasteiger partial charge in [-0.2, -0.15) is 0 Å². The van der Waals surface area contributed by atoms with Gasteiger partial charge in [-0.1, -0.05) is 35.3 Å². The molecule has 9 heteroatoms. The fourth-order valence-electron chi connectivity index (χ4n) is 5.38. The summed E-state index contributed by atoms with van der Waals surface area (Å²) in [6.45, 7) is 5.43. The van der Waals surface area contributed by atoms with E-state index in [1.807, 2.05) is 29.2 Å². The van der Waals surface area contributed by atoms with Crippen LogP contribution in [0.5, 0.6) is 5.75 Å². The monoisotopic (exact) mass is 543 g/mol. The van der Waals surface area contributed by atoms with Crippen molar-refractivity contribution in [3.8, 4) is 16.9 Å². The second-order valence-electron chi connectivity index (χ2n) is 9.99. The highest BCUT2D eigenvalue weighted by Gasteiger charge is 2.40. The zero-order valence-corrected chi connectivity index (χ0v) is 22.1. The van der Waals surface area contributed by atoms with Gasteiger partial charge in [0.25, 0.3) is 5.91 Å². The van der Waals surface area contributed by atoms with Crippen molar-refractivity contribution in [2.24, 2.45) is 5.41 Å². The molecule has 37 heavy (non-hydrogen) atoms. The minimum absolute atomic E-state index is 0.0764. The van der Waals surface area contributed by atoms with E-state index in [1.165, 1.54) is 12.1 Å². The summed E-state index contributed by atoms with van der Waals surface area (Å²) in [6.07, 6.45) is 4.46. The Kier molecular flexibility index (Phi) is 7.30. The van der Waals surface area contributed by atoms with Gasteiger partial charge in [-0.3, -0.25) is 10.5 Å². The highest BCUT2D eigenvalue weighted by Crippen LogP contribution is 2.39. The molecule has 0 radical (unpaired) electrons. The molecule has 2 saturated heterocycles. The first-order chi connectivity index (χ1) is 17.8. The van der Waals surface area contributed by atoms with E-state index < -0.39 is 11.9 Å². The molecule has 4 N–H and O–H groups in total. The Hall–Kier alpha value is -2.87. The fourth-order valence-corrected chi connectivity index (χ4v) is 6.06. The summed E-state index contributed by atoms with van der Waals surface area (Å²) < 4.78 is 20.0. The number of nitrogens with zero attached hydrogens (tertiary/aromatic N) is 1. The molecule has 1 atom stereocenters. The summed E-state index contributed by atoms with van der Waals surface area (Å²) in [5, 5.41) is 3.64. The summed E-state index contributed by atoms with van der Waals surface area (Å²) in [5.74, 6) is 0.199. The van der Waals surface area contributed by atoms with Crippen LogP contribution in [-0.4, -0.2) is 37.0 Å². The minimum Gasteiger partial charge on any atom is -0.478 e. The van der Waals surface area contributed by atoms with E-state index in [0.717, 1.165) is 56.6 Å². The quantitative estimate of drug-likeness (QED) is 0.413. The third-order valence-corrected chi connectivity index (χ3v) is 8.29. The van der Waals surface area contributed by atoms with Crippen LogP contribution in [0.15, 0.2) is 48.7 Å². The van der Waals surface area contributed by atoms with Crippen molar-refractivity contribution in [1.82, 2.24) is 10.2 Å². The van der Waals surface area contributed by atoms with E-state index in [1.54, 1.807) is 19.2 Å². The third-order valence-electron chi connectivity index (χ3n) is 7.58. The number of piperidine rings is 1. The van der Waals surface area contributed by atoms with Gasteiger partial charge in [0.15, 0.2) is 0 Å². The lowest BCUT2D eigenvalue weighted by Gasteiger charge is -2.33. The number of rotatable bonds is 5. The second-order valence-corrected chi connectivity index (χ2v) is 10.8. The number of ether oxygens (including phenoxy) is 1.